The second kappa shape index (κ2) is 8.48. The van der Waals surface area contributed by atoms with Gasteiger partial charge in [0.25, 0.3) is 5.91 Å². The van der Waals surface area contributed by atoms with Crippen LogP contribution >= 0.6 is 0 Å². The number of aryl methyl sites for hydroxylation is 4. The Morgan fingerprint density at radius 1 is 0.808 bits per heavy atom. The van der Waals surface area contributed by atoms with Crippen molar-refractivity contribution in [3.05, 3.63) is 101 Å². The molecule has 0 aromatic heterocycles. The van der Waals surface area contributed by atoms with Gasteiger partial charge in [0.15, 0.2) is 0 Å². The van der Waals surface area contributed by atoms with Gasteiger partial charge in [0.2, 0.25) is 0 Å². The second-order valence-electron chi connectivity index (χ2n) is 6.56. The third-order valence-electron chi connectivity index (χ3n) is 4.77. The highest BCUT2D eigenvalue weighted by molar-refractivity contribution is 6.06. The molecule has 3 rings (SSSR count). The van der Waals surface area contributed by atoms with Gasteiger partial charge in [0, 0.05) is 11.3 Å². The normalized spacial score (nSPS) is 10.5. The van der Waals surface area contributed by atoms with Gasteiger partial charge < -0.3 is 5.32 Å². The zero-order valence-corrected chi connectivity index (χ0v) is 15.5. The number of anilines is 1. The number of carbonyl (C=O) groups is 1. The van der Waals surface area contributed by atoms with Gasteiger partial charge in [-0.05, 0) is 54.5 Å². The largest absolute Gasteiger partial charge is 0.321 e. The van der Waals surface area contributed by atoms with Crippen molar-refractivity contribution in [2.24, 2.45) is 0 Å². The number of benzene rings is 3. The molecule has 0 unspecified atom stereocenters. The summed E-state index contributed by atoms with van der Waals surface area (Å²) in [5.41, 5.74) is 6.33. The monoisotopic (exact) mass is 343 g/mol. The van der Waals surface area contributed by atoms with Gasteiger partial charge in [-0.3, -0.25) is 4.79 Å². The predicted molar refractivity (Wildman–Crippen MR) is 109 cm³/mol. The van der Waals surface area contributed by atoms with Crippen LogP contribution in [0.25, 0.3) is 0 Å². The van der Waals surface area contributed by atoms with Crippen molar-refractivity contribution in [2.75, 3.05) is 5.32 Å². The minimum atomic E-state index is -0.0299. The van der Waals surface area contributed by atoms with Crippen LogP contribution < -0.4 is 5.32 Å². The molecule has 2 heteroatoms. The maximum Gasteiger partial charge on any atom is 0.255 e. The van der Waals surface area contributed by atoms with E-state index < -0.39 is 0 Å². The molecule has 1 N–H and O–H groups in total. The van der Waals surface area contributed by atoms with E-state index in [4.69, 9.17) is 0 Å². The number of carbonyl (C=O) groups excluding carboxylic acids is 1. The number of amides is 1. The van der Waals surface area contributed by atoms with Crippen LogP contribution in [0, 0.1) is 6.92 Å². The van der Waals surface area contributed by atoms with E-state index in [1.54, 1.807) is 0 Å². The third kappa shape index (κ3) is 4.20. The van der Waals surface area contributed by atoms with Crippen molar-refractivity contribution in [3.8, 4) is 0 Å². The minimum absolute atomic E-state index is 0.0299. The van der Waals surface area contributed by atoms with Crippen molar-refractivity contribution in [2.45, 2.75) is 33.1 Å². The van der Waals surface area contributed by atoms with Crippen LogP contribution in [-0.4, -0.2) is 5.91 Å². The Balaban J connectivity index is 1.80. The fraction of sp³-hybridized carbons (Fsp3) is 0.208. The summed E-state index contributed by atoms with van der Waals surface area (Å²) in [5.74, 6) is -0.0299. The molecule has 3 aromatic rings. The van der Waals surface area contributed by atoms with Crippen molar-refractivity contribution >= 4 is 11.6 Å². The molecule has 26 heavy (non-hydrogen) atoms. The van der Waals surface area contributed by atoms with Gasteiger partial charge in [-0.2, -0.15) is 0 Å². The van der Waals surface area contributed by atoms with E-state index in [0.717, 1.165) is 41.6 Å². The second-order valence-corrected chi connectivity index (χ2v) is 6.56. The Morgan fingerprint density at radius 3 is 2.27 bits per heavy atom. The summed E-state index contributed by atoms with van der Waals surface area (Å²) >= 11 is 0. The van der Waals surface area contributed by atoms with Crippen LogP contribution in [0.4, 0.5) is 5.69 Å². The topological polar surface area (TPSA) is 29.1 Å². The molecule has 2 nitrogen and oxygen atoms in total. The van der Waals surface area contributed by atoms with Gasteiger partial charge >= 0.3 is 0 Å². The van der Waals surface area contributed by atoms with E-state index in [1.807, 2.05) is 43.3 Å². The predicted octanol–water partition coefficient (Wildman–Crippen LogP) is 5.59. The fourth-order valence-electron chi connectivity index (χ4n) is 3.27. The molecule has 132 valence electrons. The molecular weight excluding hydrogens is 318 g/mol. The molecule has 0 heterocycles. The van der Waals surface area contributed by atoms with Crippen LogP contribution in [0.1, 0.15) is 39.5 Å². The summed E-state index contributed by atoms with van der Waals surface area (Å²) in [6.07, 6.45) is 2.67. The van der Waals surface area contributed by atoms with Gasteiger partial charge in [-0.15, -0.1) is 0 Å². The van der Waals surface area contributed by atoms with Gasteiger partial charge in [0.05, 0.1) is 0 Å². The summed E-state index contributed by atoms with van der Waals surface area (Å²) in [7, 11) is 0. The fourth-order valence-corrected chi connectivity index (χ4v) is 3.27. The maximum absolute atomic E-state index is 13.0. The minimum Gasteiger partial charge on any atom is -0.321 e. The number of rotatable bonds is 6. The highest BCUT2D eigenvalue weighted by atomic mass is 16.1. The summed E-state index contributed by atoms with van der Waals surface area (Å²) in [6.45, 7) is 4.15. The van der Waals surface area contributed by atoms with Crippen LogP contribution in [0.2, 0.25) is 0 Å². The number of hydrogen-bond acceptors (Lipinski definition) is 1. The van der Waals surface area contributed by atoms with E-state index in [0.29, 0.717) is 0 Å². The van der Waals surface area contributed by atoms with Gasteiger partial charge in [-0.1, -0.05) is 73.7 Å². The SMILES string of the molecule is CCc1cccc(C)c1NC(=O)c1ccccc1CCc1ccccc1. The Hall–Kier alpha value is -2.87. The molecule has 0 fully saturated rings. The zero-order chi connectivity index (χ0) is 18.4. The summed E-state index contributed by atoms with van der Waals surface area (Å²) in [6, 6.07) is 24.4. The van der Waals surface area contributed by atoms with Crippen molar-refractivity contribution in [1.82, 2.24) is 0 Å². The average Bonchev–Trinajstić information content (AvgIpc) is 2.69. The number of nitrogens with one attached hydrogen (secondary N) is 1. The summed E-state index contributed by atoms with van der Waals surface area (Å²) < 4.78 is 0. The van der Waals surface area contributed by atoms with Gasteiger partial charge in [0.1, 0.15) is 0 Å². The van der Waals surface area contributed by atoms with Crippen LogP contribution in [0.5, 0.6) is 0 Å². The average molecular weight is 343 g/mol. The molecule has 0 spiro atoms. The lowest BCUT2D eigenvalue weighted by molar-refractivity contribution is 0.102. The Bertz CT molecular complexity index is 884. The molecule has 0 atom stereocenters. The van der Waals surface area contributed by atoms with E-state index in [1.165, 1.54) is 11.1 Å². The van der Waals surface area contributed by atoms with Crippen LogP contribution in [-0.2, 0) is 19.3 Å². The number of para-hydroxylation sites is 1. The van der Waals surface area contributed by atoms with Crippen molar-refractivity contribution in [3.63, 3.8) is 0 Å². The van der Waals surface area contributed by atoms with Crippen LogP contribution in [0.15, 0.2) is 72.8 Å². The lowest BCUT2D eigenvalue weighted by atomic mass is 9.99. The van der Waals surface area contributed by atoms with Crippen LogP contribution in [0.3, 0.4) is 0 Å². The lowest BCUT2D eigenvalue weighted by Gasteiger charge is -2.15. The van der Waals surface area contributed by atoms with Gasteiger partial charge in [-0.25, -0.2) is 0 Å². The standard InChI is InChI=1S/C24H25NO/c1-3-20-14-9-10-18(2)23(20)25-24(26)22-15-8-7-13-21(22)17-16-19-11-5-4-6-12-19/h4-15H,3,16-17H2,1-2H3,(H,25,26). The molecule has 0 aliphatic carbocycles. The molecule has 0 aliphatic heterocycles. The Labute approximate surface area is 155 Å². The number of hydrogen-bond donors (Lipinski definition) is 1. The Kier molecular flexibility index (Phi) is 5.85. The lowest BCUT2D eigenvalue weighted by Crippen LogP contribution is -2.16. The van der Waals surface area contributed by atoms with E-state index in [9.17, 15) is 4.79 Å². The quantitative estimate of drug-likeness (QED) is 0.620. The molecule has 3 aromatic carbocycles. The summed E-state index contributed by atoms with van der Waals surface area (Å²) in [4.78, 5) is 13.0. The molecule has 1 amide bonds. The third-order valence-corrected chi connectivity index (χ3v) is 4.77. The smallest absolute Gasteiger partial charge is 0.255 e. The molecular formula is C24H25NO. The molecule has 0 radical (unpaired) electrons. The van der Waals surface area contributed by atoms with E-state index in [2.05, 4.69) is 48.6 Å². The zero-order valence-electron chi connectivity index (χ0n) is 15.5. The first-order valence-corrected chi connectivity index (χ1v) is 9.20. The Morgan fingerprint density at radius 2 is 1.50 bits per heavy atom. The van der Waals surface area contributed by atoms with E-state index >= 15 is 0 Å². The highest BCUT2D eigenvalue weighted by Crippen LogP contribution is 2.23. The molecule has 0 bridgehead atoms. The highest BCUT2D eigenvalue weighted by Gasteiger charge is 2.14. The first-order chi connectivity index (χ1) is 12.7. The van der Waals surface area contributed by atoms with Crippen molar-refractivity contribution < 1.29 is 4.79 Å². The maximum atomic E-state index is 13.0. The van der Waals surface area contributed by atoms with Crippen molar-refractivity contribution in [1.29, 1.82) is 0 Å². The molecule has 0 saturated heterocycles. The first-order valence-electron chi connectivity index (χ1n) is 9.20. The van der Waals surface area contributed by atoms with E-state index in [-0.39, 0.29) is 5.91 Å². The molecule has 0 saturated carbocycles. The molecule has 0 aliphatic rings. The summed E-state index contributed by atoms with van der Waals surface area (Å²) in [5, 5.41) is 3.15. The first kappa shape index (κ1) is 17.9.